The van der Waals surface area contributed by atoms with E-state index in [1.54, 1.807) is 0 Å². The monoisotopic (exact) mass is 301 g/mol. The number of carboxylic acid groups (broad SMARTS) is 1. The van der Waals surface area contributed by atoms with Gasteiger partial charge in [-0.3, -0.25) is 9.59 Å². The first kappa shape index (κ1) is 15.1. The zero-order valence-electron chi connectivity index (χ0n) is 12.8. The number of carboxylic acids is 1. The molecular formula is C18H23NO3. The molecule has 0 bridgehead atoms. The normalized spacial score (nSPS) is 24.7. The molecule has 4 nitrogen and oxygen atoms in total. The van der Waals surface area contributed by atoms with Gasteiger partial charge in [0.25, 0.3) is 0 Å². The smallest absolute Gasteiger partial charge is 0.306 e. The lowest BCUT2D eigenvalue weighted by molar-refractivity contribution is -0.144. The molecule has 1 amide bonds. The van der Waals surface area contributed by atoms with Crippen LogP contribution >= 0.6 is 0 Å². The molecule has 0 spiro atoms. The third-order valence-electron chi connectivity index (χ3n) is 4.90. The van der Waals surface area contributed by atoms with E-state index in [9.17, 15) is 9.59 Å². The highest BCUT2D eigenvalue weighted by atomic mass is 16.4. The fourth-order valence-electron chi connectivity index (χ4n) is 3.30. The maximum atomic E-state index is 12.9. The van der Waals surface area contributed by atoms with Gasteiger partial charge in [0.15, 0.2) is 0 Å². The van der Waals surface area contributed by atoms with E-state index < -0.39 is 5.97 Å². The molecule has 0 atom stereocenters. The van der Waals surface area contributed by atoms with Crippen LogP contribution in [0.1, 0.15) is 38.5 Å². The van der Waals surface area contributed by atoms with Crippen molar-refractivity contribution in [3.63, 3.8) is 0 Å². The van der Waals surface area contributed by atoms with Crippen molar-refractivity contribution < 1.29 is 14.7 Å². The fraction of sp³-hybridized carbons (Fsp3) is 0.556. The van der Waals surface area contributed by atoms with Gasteiger partial charge in [-0.1, -0.05) is 18.2 Å². The Labute approximate surface area is 131 Å². The standard InChI is InChI=1S/C18H23NO3/c20-17(14-8-10-15(11-9-14)18(21)22)19(12-13-6-7-13)16-4-2-1-3-5-16/h1-5,13-15H,6-12H2,(H,21,22). The molecule has 1 aromatic carbocycles. The van der Waals surface area contributed by atoms with Crippen LogP contribution in [0.25, 0.3) is 0 Å². The quantitative estimate of drug-likeness (QED) is 0.907. The maximum Gasteiger partial charge on any atom is 0.306 e. The van der Waals surface area contributed by atoms with E-state index in [1.165, 1.54) is 12.8 Å². The number of amides is 1. The minimum atomic E-state index is -0.719. The van der Waals surface area contributed by atoms with Crippen LogP contribution in [0.3, 0.4) is 0 Å². The summed E-state index contributed by atoms with van der Waals surface area (Å²) in [6.45, 7) is 0.807. The summed E-state index contributed by atoms with van der Waals surface area (Å²) in [6, 6.07) is 9.86. The molecule has 0 radical (unpaired) electrons. The number of rotatable bonds is 5. The molecule has 0 unspecified atom stereocenters. The summed E-state index contributed by atoms with van der Waals surface area (Å²) in [5.74, 6) is -0.183. The number of aliphatic carboxylic acids is 1. The molecule has 0 aliphatic heterocycles. The Morgan fingerprint density at radius 2 is 1.55 bits per heavy atom. The maximum absolute atomic E-state index is 12.9. The van der Waals surface area contributed by atoms with Gasteiger partial charge in [-0.25, -0.2) is 0 Å². The zero-order valence-corrected chi connectivity index (χ0v) is 12.8. The number of carbonyl (C=O) groups is 2. The van der Waals surface area contributed by atoms with E-state index in [4.69, 9.17) is 5.11 Å². The van der Waals surface area contributed by atoms with E-state index in [0.29, 0.717) is 31.6 Å². The molecule has 2 fully saturated rings. The molecule has 0 heterocycles. The van der Waals surface area contributed by atoms with Crippen molar-refractivity contribution in [1.29, 1.82) is 0 Å². The van der Waals surface area contributed by atoms with Crippen LogP contribution in [0.4, 0.5) is 5.69 Å². The van der Waals surface area contributed by atoms with Gasteiger partial charge in [0.2, 0.25) is 5.91 Å². The van der Waals surface area contributed by atoms with Crippen molar-refractivity contribution in [3.8, 4) is 0 Å². The van der Waals surface area contributed by atoms with Gasteiger partial charge in [0, 0.05) is 18.2 Å². The third-order valence-corrected chi connectivity index (χ3v) is 4.90. The van der Waals surface area contributed by atoms with Gasteiger partial charge in [0.1, 0.15) is 0 Å². The molecule has 0 aromatic heterocycles. The molecule has 4 heteroatoms. The third kappa shape index (κ3) is 3.49. The SMILES string of the molecule is O=C(O)C1CCC(C(=O)N(CC2CC2)c2ccccc2)CC1. The largest absolute Gasteiger partial charge is 0.481 e. The van der Waals surface area contributed by atoms with Gasteiger partial charge in [-0.05, 0) is 56.6 Å². The summed E-state index contributed by atoms with van der Waals surface area (Å²) in [4.78, 5) is 25.9. The minimum absolute atomic E-state index is 0.0189. The van der Waals surface area contributed by atoms with Crippen LogP contribution in [0.2, 0.25) is 0 Å². The number of para-hydroxylation sites is 1. The van der Waals surface area contributed by atoms with Gasteiger partial charge in [-0.15, -0.1) is 0 Å². The second-order valence-corrected chi connectivity index (χ2v) is 6.61. The van der Waals surface area contributed by atoms with E-state index in [1.807, 2.05) is 35.2 Å². The Kier molecular flexibility index (Phi) is 4.46. The summed E-state index contributed by atoms with van der Waals surface area (Å²) in [5, 5.41) is 9.08. The topological polar surface area (TPSA) is 57.6 Å². The van der Waals surface area contributed by atoms with Crippen molar-refractivity contribution in [3.05, 3.63) is 30.3 Å². The van der Waals surface area contributed by atoms with Gasteiger partial charge >= 0.3 is 5.97 Å². The molecule has 1 N–H and O–H groups in total. The number of hydrogen-bond acceptors (Lipinski definition) is 2. The van der Waals surface area contributed by atoms with Crippen molar-refractivity contribution in [2.45, 2.75) is 38.5 Å². The molecule has 118 valence electrons. The predicted octanol–water partition coefficient (Wildman–Crippen LogP) is 3.32. The van der Waals surface area contributed by atoms with Crippen LogP contribution in [0.15, 0.2) is 30.3 Å². The Morgan fingerprint density at radius 1 is 0.955 bits per heavy atom. The van der Waals surface area contributed by atoms with Crippen LogP contribution in [-0.4, -0.2) is 23.5 Å². The average molecular weight is 301 g/mol. The number of benzene rings is 1. The summed E-state index contributed by atoms with van der Waals surface area (Å²) in [6.07, 6.45) is 5.06. The Bertz CT molecular complexity index is 531. The van der Waals surface area contributed by atoms with Crippen molar-refractivity contribution in [2.24, 2.45) is 17.8 Å². The van der Waals surface area contributed by atoms with Crippen LogP contribution in [0, 0.1) is 17.8 Å². The van der Waals surface area contributed by atoms with Gasteiger partial charge < -0.3 is 10.0 Å². The van der Waals surface area contributed by atoms with Crippen molar-refractivity contribution in [2.75, 3.05) is 11.4 Å². The van der Waals surface area contributed by atoms with Gasteiger partial charge in [-0.2, -0.15) is 0 Å². The first-order valence-electron chi connectivity index (χ1n) is 8.24. The number of carbonyl (C=O) groups excluding carboxylic acids is 1. The Balaban J connectivity index is 1.68. The molecule has 2 saturated carbocycles. The molecule has 2 aliphatic rings. The summed E-state index contributed by atoms with van der Waals surface area (Å²) >= 11 is 0. The van der Waals surface area contributed by atoms with E-state index in [-0.39, 0.29) is 17.7 Å². The first-order chi connectivity index (χ1) is 10.6. The zero-order chi connectivity index (χ0) is 15.5. The molecule has 0 saturated heterocycles. The van der Waals surface area contributed by atoms with E-state index in [0.717, 1.165) is 12.2 Å². The lowest BCUT2D eigenvalue weighted by atomic mass is 9.81. The number of hydrogen-bond donors (Lipinski definition) is 1. The minimum Gasteiger partial charge on any atom is -0.481 e. The number of nitrogens with zero attached hydrogens (tertiary/aromatic N) is 1. The highest BCUT2D eigenvalue weighted by Gasteiger charge is 2.34. The highest BCUT2D eigenvalue weighted by molar-refractivity contribution is 5.95. The molecule has 2 aliphatic carbocycles. The molecule has 1 aromatic rings. The average Bonchev–Trinajstić information content (AvgIpc) is 3.37. The number of anilines is 1. The predicted molar refractivity (Wildman–Crippen MR) is 84.6 cm³/mol. The second-order valence-electron chi connectivity index (χ2n) is 6.61. The van der Waals surface area contributed by atoms with E-state index in [2.05, 4.69) is 0 Å². The Hall–Kier alpha value is -1.84. The second kappa shape index (κ2) is 6.51. The lowest BCUT2D eigenvalue weighted by Crippen LogP contribution is -2.39. The molecular weight excluding hydrogens is 278 g/mol. The summed E-state index contributed by atoms with van der Waals surface area (Å²) < 4.78 is 0. The fourth-order valence-corrected chi connectivity index (χ4v) is 3.30. The van der Waals surface area contributed by atoms with Crippen LogP contribution in [0.5, 0.6) is 0 Å². The van der Waals surface area contributed by atoms with Crippen LogP contribution < -0.4 is 4.90 Å². The van der Waals surface area contributed by atoms with Crippen LogP contribution in [-0.2, 0) is 9.59 Å². The highest BCUT2D eigenvalue weighted by Crippen LogP contribution is 2.35. The Morgan fingerprint density at radius 3 is 2.09 bits per heavy atom. The summed E-state index contributed by atoms with van der Waals surface area (Å²) in [5.41, 5.74) is 0.972. The molecule has 3 rings (SSSR count). The van der Waals surface area contributed by atoms with E-state index >= 15 is 0 Å². The first-order valence-corrected chi connectivity index (χ1v) is 8.24. The summed E-state index contributed by atoms with van der Waals surface area (Å²) in [7, 11) is 0. The lowest BCUT2D eigenvalue weighted by Gasteiger charge is -2.31. The van der Waals surface area contributed by atoms with Crippen molar-refractivity contribution >= 4 is 17.6 Å². The van der Waals surface area contributed by atoms with Crippen molar-refractivity contribution in [1.82, 2.24) is 0 Å². The van der Waals surface area contributed by atoms with Gasteiger partial charge in [0.05, 0.1) is 5.92 Å². The molecule has 22 heavy (non-hydrogen) atoms.